The van der Waals surface area contributed by atoms with E-state index in [9.17, 15) is 5.11 Å². The molecular formula is C9H15N3O2. The summed E-state index contributed by atoms with van der Waals surface area (Å²) in [4.78, 5) is 6.26. The van der Waals surface area contributed by atoms with Crippen molar-refractivity contribution in [1.29, 1.82) is 0 Å². The molecular weight excluding hydrogens is 182 g/mol. The number of hydrogen-bond donors (Lipinski definition) is 1. The number of aromatic nitrogens is 2. The van der Waals surface area contributed by atoms with Gasteiger partial charge in [0.2, 0.25) is 5.89 Å². The minimum Gasteiger partial charge on any atom is -0.391 e. The maximum Gasteiger partial charge on any atom is 0.223 e. The number of aliphatic hydroxyl groups excluding tert-OH is 1. The molecule has 1 N–H and O–H groups in total. The van der Waals surface area contributed by atoms with Crippen molar-refractivity contribution in [2.24, 2.45) is 5.92 Å². The van der Waals surface area contributed by atoms with Crippen LogP contribution in [-0.2, 0) is 6.54 Å². The van der Waals surface area contributed by atoms with E-state index in [1.54, 1.807) is 6.92 Å². The molecule has 1 aliphatic rings. The lowest BCUT2D eigenvalue weighted by molar-refractivity contribution is 0.147. The Hall–Kier alpha value is -0.940. The molecule has 2 heterocycles. The summed E-state index contributed by atoms with van der Waals surface area (Å²) in [6.07, 6.45) is -0.219. The number of aliphatic hydroxyl groups is 1. The Morgan fingerprint density at radius 3 is 2.86 bits per heavy atom. The molecule has 0 bridgehead atoms. The fraction of sp³-hybridized carbons (Fsp3) is 0.778. The molecule has 0 amide bonds. The lowest BCUT2D eigenvalue weighted by Gasteiger charge is -2.11. The molecule has 2 atom stereocenters. The highest BCUT2D eigenvalue weighted by Crippen LogP contribution is 2.17. The van der Waals surface area contributed by atoms with Crippen LogP contribution in [0.15, 0.2) is 4.52 Å². The van der Waals surface area contributed by atoms with Gasteiger partial charge in [-0.3, -0.25) is 4.90 Å². The van der Waals surface area contributed by atoms with Crippen LogP contribution in [0.2, 0.25) is 0 Å². The van der Waals surface area contributed by atoms with Crippen LogP contribution in [0.1, 0.15) is 18.6 Å². The van der Waals surface area contributed by atoms with Crippen LogP contribution < -0.4 is 0 Å². The van der Waals surface area contributed by atoms with E-state index in [1.165, 1.54) is 0 Å². The molecule has 5 nitrogen and oxygen atoms in total. The summed E-state index contributed by atoms with van der Waals surface area (Å²) < 4.78 is 4.88. The summed E-state index contributed by atoms with van der Waals surface area (Å²) in [5, 5.41) is 13.4. The van der Waals surface area contributed by atoms with Gasteiger partial charge >= 0.3 is 0 Å². The number of aryl methyl sites for hydroxylation is 1. The van der Waals surface area contributed by atoms with Gasteiger partial charge in [0.05, 0.1) is 12.6 Å². The SMILES string of the molecule is Cc1nc(CN2CC(C)C(O)C2)no1. The van der Waals surface area contributed by atoms with Crippen molar-refractivity contribution in [2.75, 3.05) is 13.1 Å². The van der Waals surface area contributed by atoms with Crippen molar-refractivity contribution >= 4 is 0 Å². The van der Waals surface area contributed by atoms with Crippen LogP contribution in [0.25, 0.3) is 0 Å². The smallest absolute Gasteiger partial charge is 0.223 e. The molecule has 1 fully saturated rings. The third kappa shape index (κ3) is 1.93. The summed E-state index contributed by atoms with van der Waals surface area (Å²) in [5.41, 5.74) is 0. The summed E-state index contributed by atoms with van der Waals surface area (Å²) >= 11 is 0. The number of rotatable bonds is 2. The topological polar surface area (TPSA) is 62.4 Å². The Kier molecular flexibility index (Phi) is 2.52. The number of hydrogen-bond acceptors (Lipinski definition) is 5. The highest BCUT2D eigenvalue weighted by Gasteiger charge is 2.28. The third-order valence-electron chi connectivity index (χ3n) is 2.58. The maximum absolute atomic E-state index is 9.55. The molecule has 14 heavy (non-hydrogen) atoms. The fourth-order valence-corrected chi connectivity index (χ4v) is 1.78. The Balaban J connectivity index is 1.93. The first-order valence-corrected chi connectivity index (χ1v) is 4.85. The van der Waals surface area contributed by atoms with Crippen molar-refractivity contribution in [3.05, 3.63) is 11.7 Å². The van der Waals surface area contributed by atoms with E-state index in [0.717, 1.165) is 6.54 Å². The second-order valence-electron chi connectivity index (χ2n) is 3.97. The normalized spacial score (nSPS) is 28.5. The second kappa shape index (κ2) is 3.67. The van der Waals surface area contributed by atoms with E-state index in [-0.39, 0.29) is 6.10 Å². The van der Waals surface area contributed by atoms with Crippen LogP contribution in [0.3, 0.4) is 0 Å². The first-order valence-electron chi connectivity index (χ1n) is 4.85. The Morgan fingerprint density at radius 1 is 1.57 bits per heavy atom. The molecule has 5 heteroatoms. The fourth-order valence-electron chi connectivity index (χ4n) is 1.78. The molecule has 0 spiro atoms. The van der Waals surface area contributed by atoms with Crippen molar-refractivity contribution in [2.45, 2.75) is 26.5 Å². The van der Waals surface area contributed by atoms with Gasteiger partial charge in [-0.2, -0.15) is 4.98 Å². The molecule has 2 rings (SSSR count). The first-order chi connectivity index (χ1) is 6.65. The largest absolute Gasteiger partial charge is 0.391 e. The van der Waals surface area contributed by atoms with Crippen LogP contribution in [0, 0.1) is 12.8 Å². The number of nitrogens with zero attached hydrogens (tertiary/aromatic N) is 3. The lowest BCUT2D eigenvalue weighted by Crippen LogP contribution is -2.22. The molecule has 0 saturated carbocycles. The minimum atomic E-state index is -0.219. The molecule has 0 aromatic carbocycles. The predicted octanol–water partition coefficient (Wildman–Crippen LogP) is 0.191. The molecule has 0 radical (unpaired) electrons. The van der Waals surface area contributed by atoms with Gasteiger partial charge in [-0.15, -0.1) is 0 Å². The summed E-state index contributed by atoms with van der Waals surface area (Å²) in [5.74, 6) is 1.62. The Labute approximate surface area is 82.7 Å². The molecule has 1 aliphatic heterocycles. The highest BCUT2D eigenvalue weighted by atomic mass is 16.5. The molecule has 1 saturated heterocycles. The monoisotopic (exact) mass is 197 g/mol. The summed E-state index contributed by atoms with van der Waals surface area (Å²) in [6.45, 7) is 6.09. The van der Waals surface area contributed by atoms with E-state index in [4.69, 9.17) is 4.52 Å². The van der Waals surface area contributed by atoms with Gasteiger partial charge < -0.3 is 9.63 Å². The molecule has 1 aromatic rings. The van der Waals surface area contributed by atoms with Gasteiger partial charge in [-0.1, -0.05) is 12.1 Å². The zero-order valence-corrected chi connectivity index (χ0v) is 8.47. The van der Waals surface area contributed by atoms with E-state index in [1.807, 2.05) is 6.92 Å². The highest BCUT2D eigenvalue weighted by molar-refractivity contribution is 4.88. The van der Waals surface area contributed by atoms with Crippen LogP contribution >= 0.6 is 0 Å². The minimum absolute atomic E-state index is 0.219. The van der Waals surface area contributed by atoms with Crippen LogP contribution in [0.5, 0.6) is 0 Å². The average molecular weight is 197 g/mol. The van der Waals surface area contributed by atoms with Crippen LogP contribution in [0.4, 0.5) is 0 Å². The quantitative estimate of drug-likeness (QED) is 0.733. The predicted molar refractivity (Wildman–Crippen MR) is 49.5 cm³/mol. The molecule has 1 aromatic heterocycles. The van der Waals surface area contributed by atoms with E-state index >= 15 is 0 Å². The van der Waals surface area contributed by atoms with Gasteiger partial charge in [0.1, 0.15) is 0 Å². The molecule has 78 valence electrons. The summed E-state index contributed by atoms with van der Waals surface area (Å²) in [7, 11) is 0. The molecule has 0 aliphatic carbocycles. The Morgan fingerprint density at radius 2 is 2.36 bits per heavy atom. The lowest BCUT2D eigenvalue weighted by atomic mass is 10.1. The van der Waals surface area contributed by atoms with Gasteiger partial charge in [0.25, 0.3) is 0 Å². The second-order valence-corrected chi connectivity index (χ2v) is 3.97. The zero-order chi connectivity index (χ0) is 10.1. The number of β-amino-alcohol motifs (C(OH)–C–C–N with tert-alkyl or cyclic N) is 1. The Bertz CT molecular complexity index is 303. The van der Waals surface area contributed by atoms with Gasteiger partial charge in [-0.05, 0) is 5.92 Å². The number of likely N-dealkylation sites (tertiary alicyclic amines) is 1. The zero-order valence-electron chi connectivity index (χ0n) is 8.47. The van der Waals surface area contributed by atoms with Crippen molar-refractivity contribution in [3.8, 4) is 0 Å². The first kappa shape index (κ1) is 9.61. The average Bonchev–Trinajstić information content (AvgIpc) is 2.62. The van der Waals surface area contributed by atoms with E-state index in [2.05, 4.69) is 15.0 Å². The van der Waals surface area contributed by atoms with Crippen molar-refractivity contribution < 1.29 is 9.63 Å². The van der Waals surface area contributed by atoms with E-state index < -0.39 is 0 Å². The van der Waals surface area contributed by atoms with Crippen molar-refractivity contribution in [3.63, 3.8) is 0 Å². The van der Waals surface area contributed by atoms with E-state index in [0.29, 0.717) is 30.7 Å². The molecule has 2 unspecified atom stereocenters. The van der Waals surface area contributed by atoms with Gasteiger partial charge in [0, 0.05) is 20.0 Å². The van der Waals surface area contributed by atoms with Crippen molar-refractivity contribution in [1.82, 2.24) is 15.0 Å². The van der Waals surface area contributed by atoms with Gasteiger partial charge in [0.15, 0.2) is 5.82 Å². The third-order valence-corrected chi connectivity index (χ3v) is 2.58. The maximum atomic E-state index is 9.55. The van der Waals surface area contributed by atoms with Gasteiger partial charge in [-0.25, -0.2) is 0 Å². The van der Waals surface area contributed by atoms with Crippen LogP contribution in [-0.4, -0.2) is 39.3 Å². The summed E-state index contributed by atoms with van der Waals surface area (Å²) in [6, 6.07) is 0. The standard InChI is InChI=1S/C9H15N3O2/c1-6-3-12(4-8(6)13)5-9-10-7(2)14-11-9/h6,8,13H,3-5H2,1-2H3.